The fourth-order valence-electron chi connectivity index (χ4n) is 5.82. The SMILES string of the molecule is C=CCOc1ccc(C#Cc2ccc([C@@H]3CC[C@@H]4CC(CCCC)CC[C@@H]4C3)cc2)cc1. The van der Waals surface area contributed by atoms with Crippen LogP contribution in [-0.4, -0.2) is 6.61 Å². The van der Waals surface area contributed by atoms with E-state index in [1.807, 2.05) is 24.3 Å². The summed E-state index contributed by atoms with van der Waals surface area (Å²) in [6, 6.07) is 17.0. The number of hydrogen-bond acceptors (Lipinski definition) is 1. The van der Waals surface area contributed by atoms with Crippen molar-refractivity contribution in [1.29, 1.82) is 0 Å². The normalized spacial score (nSPS) is 24.7. The Morgan fingerprint density at radius 3 is 2.22 bits per heavy atom. The highest BCUT2D eigenvalue weighted by atomic mass is 16.5. The van der Waals surface area contributed by atoms with E-state index < -0.39 is 0 Å². The maximum absolute atomic E-state index is 5.53. The smallest absolute Gasteiger partial charge is 0.119 e. The van der Waals surface area contributed by atoms with E-state index in [0.29, 0.717) is 6.61 Å². The summed E-state index contributed by atoms with van der Waals surface area (Å²) in [6.45, 7) is 6.53. The molecule has 2 aliphatic carbocycles. The van der Waals surface area contributed by atoms with Gasteiger partial charge in [-0.3, -0.25) is 0 Å². The molecule has 0 bridgehead atoms. The number of hydrogen-bond donors (Lipinski definition) is 0. The van der Waals surface area contributed by atoms with Crippen molar-refractivity contribution in [3.05, 3.63) is 77.9 Å². The standard InChI is InChI=1S/C31H38O/c1-3-5-6-26-11-16-30-23-29(18-17-28(30)22-26)27-14-9-24(10-15-27)7-8-25-12-19-31(20-13-25)32-21-4-2/h4,9-10,12-15,19-20,26,28-30H,2-3,5-6,11,16-18,21-23H2,1H3/t26?,28-,29-,30-/m1/s1. The van der Waals surface area contributed by atoms with Crippen molar-refractivity contribution in [2.45, 2.75) is 70.6 Å². The maximum atomic E-state index is 5.53. The first-order chi connectivity index (χ1) is 15.7. The summed E-state index contributed by atoms with van der Waals surface area (Å²) >= 11 is 0. The Morgan fingerprint density at radius 1 is 0.875 bits per heavy atom. The van der Waals surface area contributed by atoms with Gasteiger partial charge in [0.2, 0.25) is 0 Å². The molecule has 1 unspecified atom stereocenters. The highest BCUT2D eigenvalue weighted by molar-refractivity contribution is 5.45. The van der Waals surface area contributed by atoms with Gasteiger partial charge < -0.3 is 4.74 Å². The summed E-state index contributed by atoms with van der Waals surface area (Å²) in [5.41, 5.74) is 3.62. The van der Waals surface area contributed by atoms with Crippen LogP contribution in [0.2, 0.25) is 0 Å². The largest absolute Gasteiger partial charge is 0.490 e. The van der Waals surface area contributed by atoms with Gasteiger partial charge in [-0.15, -0.1) is 0 Å². The highest BCUT2D eigenvalue weighted by Gasteiger charge is 2.35. The van der Waals surface area contributed by atoms with Gasteiger partial charge in [0.05, 0.1) is 0 Å². The molecule has 2 aromatic rings. The molecule has 0 aliphatic heterocycles. The van der Waals surface area contributed by atoms with Gasteiger partial charge in [-0.1, -0.05) is 69.2 Å². The molecule has 0 spiro atoms. The quantitative estimate of drug-likeness (QED) is 0.321. The number of benzene rings is 2. The molecule has 1 nitrogen and oxygen atoms in total. The van der Waals surface area contributed by atoms with Gasteiger partial charge in [-0.25, -0.2) is 0 Å². The monoisotopic (exact) mass is 426 g/mol. The second-order valence-electron chi connectivity index (χ2n) is 9.85. The van der Waals surface area contributed by atoms with Crippen molar-refractivity contribution < 1.29 is 4.74 Å². The third kappa shape index (κ3) is 6.07. The molecule has 2 aliphatic rings. The van der Waals surface area contributed by atoms with Crippen LogP contribution in [-0.2, 0) is 0 Å². The second kappa shape index (κ2) is 11.4. The minimum Gasteiger partial charge on any atom is -0.490 e. The maximum Gasteiger partial charge on any atom is 0.119 e. The van der Waals surface area contributed by atoms with E-state index in [-0.39, 0.29) is 0 Å². The first-order valence-corrected chi connectivity index (χ1v) is 12.7. The zero-order valence-corrected chi connectivity index (χ0v) is 19.7. The molecule has 0 radical (unpaired) electrons. The fraction of sp³-hybridized carbons (Fsp3) is 0.484. The predicted molar refractivity (Wildman–Crippen MR) is 135 cm³/mol. The molecule has 32 heavy (non-hydrogen) atoms. The van der Waals surface area contributed by atoms with E-state index in [9.17, 15) is 0 Å². The van der Waals surface area contributed by atoms with Crippen LogP contribution in [0.1, 0.15) is 87.3 Å². The molecular formula is C31H38O. The van der Waals surface area contributed by atoms with Gasteiger partial charge in [0.15, 0.2) is 0 Å². The summed E-state index contributed by atoms with van der Waals surface area (Å²) in [4.78, 5) is 0. The van der Waals surface area contributed by atoms with Crippen LogP contribution in [0.4, 0.5) is 0 Å². The van der Waals surface area contributed by atoms with Crippen LogP contribution in [0.15, 0.2) is 61.2 Å². The van der Waals surface area contributed by atoms with Crippen molar-refractivity contribution in [2.24, 2.45) is 17.8 Å². The Bertz CT molecular complexity index is 912. The van der Waals surface area contributed by atoms with Crippen molar-refractivity contribution in [2.75, 3.05) is 6.61 Å². The van der Waals surface area contributed by atoms with Crippen LogP contribution in [0.5, 0.6) is 5.75 Å². The Labute approximate surface area is 195 Å². The van der Waals surface area contributed by atoms with Gasteiger partial charge in [0.25, 0.3) is 0 Å². The molecule has 0 N–H and O–H groups in total. The van der Waals surface area contributed by atoms with Crippen LogP contribution >= 0.6 is 0 Å². The molecule has 0 saturated heterocycles. The van der Waals surface area contributed by atoms with Crippen LogP contribution in [0, 0.1) is 29.6 Å². The molecule has 2 saturated carbocycles. The lowest BCUT2D eigenvalue weighted by Gasteiger charge is -2.42. The molecule has 0 amide bonds. The number of rotatable bonds is 7. The summed E-state index contributed by atoms with van der Waals surface area (Å²) in [7, 11) is 0. The Balaban J connectivity index is 1.31. The van der Waals surface area contributed by atoms with Crippen LogP contribution in [0.25, 0.3) is 0 Å². The second-order valence-corrected chi connectivity index (χ2v) is 9.85. The molecule has 2 aromatic carbocycles. The topological polar surface area (TPSA) is 9.23 Å². The zero-order chi connectivity index (χ0) is 22.2. The molecule has 2 fully saturated rings. The van der Waals surface area contributed by atoms with Gasteiger partial charge >= 0.3 is 0 Å². The van der Waals surface area contributed by atoms with E-state index in [0.717, 1.165) is 40.5 Å². The molecule has 4 atom stereocenters. The minimum atomic E-state index is 0.527. The van der Waals surface area contributed by atoms with Gasteiger partial charge in [-0.2, -0.15) is 0 Å². The van der Waals surface area contributed by atoms with Gasteiger partial charge in [0, 0.05) is 11.1 Å². The number of ether oxygens (including phenoxy) is 1. The Hall–Kier alpha value is -2.46. The third-order valence-corrected chi connectivity index (χ3v) is 7.64. The van der Waals surface area contributed by atoms with Crippen molar-refractivity contribution >= 4 is 0 Å². The van der Waals surface area contributed by atoms with Crippen molar-refractivity contribution in [3.63, 3.8) is 0 Å². The van der Waals surface area contributed by atoms with Gasteiger partial charge in [0.1, 0.15) is 12.4 Å². The minimum absolute atomic E-state index is 0.527. The van der Waals surface area contributed by atoms with Crippen LogP contribution in [0.3, 0.4) is 0 Å². The Kier molecular flexibility index (Phi) is 8.11. The number of unbranched alkanes of at least 4 members (excludes halogenated alkanes) is 1. The molecule has 168 valence electrons. The molecule has 4 rings (SSSR count). The molecule has 0 heterocycles. The van der Waals surface area contributed by atoms with E-state index in [2.05, 4.69) is 49.6 Å². The molecular weight excluding hydrogens is 388 g/mol. The lowest BCUT2D eigenvalue weighted by Crippen LogP contribution is -2.30. The van der Waals surface area contributed by atoms with E-state index >= 15 is 0 Å². The first-order valence-electron chi connectivity index (χ1n) is 12.7. The summed E-state index contributed by atoms with van der Waals surface area (Å²) in [5, 5.41) is 0. The third-order valence-electron chi connectivity index (χ3n) is 7.64. The average Bonchev–Trinajstić information content (AvgIpc) is 2.85. The summed E-state index contributed by atoms with van der Waals surface area (Å²) < 4.78 is 5.53. The first kappa shape index (κ1) is 22.7. The lowest BCUT2D eigenvalue weighted by molar-refractivity contribution is 0.113. The zero-order valence-electron chi connectivity index (χ0n) is 19.7. The Morgan fingerprint density at radius 2 is 1.53 bits per heavy atom. The van der Waals surface area contributed by atoms with E-state index in [1.165, 1.54) is 63.4 Å². The fourth-order valence-corrected chi connectivity index (χ4v) is 5.82. The summed E-state index contributed by atoms with van der Waals surface area (Å²) in [5.74, 6) is 11.2. The molecule has 1 heteroatoms. The average molecular weight is 427 g/mol. The van der Waals surface area contributed by atoms with Crippen LogP contribution < -0.4 is 4.74 Å². The van der Waals surface area contributed by atoms with Gasteiger partial charge in [-0.05, 0) is 97.7 Å². The van der Waals surface area contributed by atoms with E-state index in [1.54, 1.807) is 6.08 Å². The van der Waals surface area contributed by atoms with Crippen molar-refractivity contribution in [1.82, 2.24) is 0 Å². The lowest BCUT2D eigenvalue weighted by atomic mass is 9.63. The summed E-state index contributed by atoms with van der Waals surface area (Å²) in [6.07, 6.45) is 14.7. The number of fused-ring (bicyclic) bond motifs is 1. The van der Waals surface area contributed by atoms with Crippen molar-refractivity contribution in [3.8, 4) is 17.6 Å². The van der Waals surface area contributed by atoms with E-state index in [4.69, 9.17) is 4.74 Å². The highest BCUT2D eigenvalue weighted by Crippen LogP contribution is 2.48. The predicted octanol–water partition coefficient (Wildman–Crippen LogP) is 8.14. The molecule has 0 aromatic heterocycles.